The van der Waals surface area contributed by atoms with Crippen LogP contribution in [0.1, 0.15) is 52.4 Å². The average Bonchev–Trinajstić information content (AvgIpc) is 2.61. The molecule has 1 atom stereocenters. The lowest BCUT2D eigenvalue weighted by Crippen LogP contribution is -2.33. The van der Waals surface area contributed by atoms with Crippen LogP contribution in [0.4, 0.5) is 5.69 Å². The monoisotopic (exact) mass is 436 g/mol. The molecule has 0 aliphatic heterocycles. The summed E-state index contributed by atoms with van der Waals surface area (Å²) in [5, 5.41) is 3.44. The number of halogens is 2. The Morgan fingerprint density at radius 1 is 1.22 bits per heavy atom. The first-order valence-corrected chi connectivity index (χ1v) is 12.0. The molecule has 1 N–H and O–H groups in total. The first kappa shape index (κ1) is 24.1. The van der Waals surface area contributed by atoms with Crippen molar-refractivity contribution in [1.82, 2.24) is 5.32 Å². The summed E-state index contributed by atoms with van der Waals surface area (Å²) in [5.41, 5.74) is 0.331. The van der Waals surface area contributed by atoms with E-state index in [4.69, 9.17) is 23.2 Å². The third-order valence-electron chi connectivity index (χ3n) is 4.50. The van der Waals surface area contributed by atoms with Gasteiger partial charge in [-0.05, 0) is 30.9 Å². The molecule has 0 saturated heterocycles. The fourth-order valence-corrected chi connectivity index (χ4v) is 4.24. The Bertz CT molecular complexity index is 711. The minimum atomic E-state index is -3.54. The van der Waals surface area contributed by atoms with Crippen LogP contribution in [0.3, 0.4) is 0 Å². The number of hydrogen-bond donors (Lipinski definition) is 1. The van der Waals surface area contributed by atoms with Gasteiger partial charge in [0.1, 0.15) is 0 Å². The quantitative estimate of drug-likeness (QED) is 0.507. The molecule has 1 aromatic rings. The highest BCUT2D eigenvalue weighted by Crippen LogP contribution is 2.33. The van der Waals surface area contributed by atoms with E-state index in [2.05, 4.69) is 19.2 Å². The van der Waals surface area contributed by atoms with Crippen molar-refractivity contribution in [2.45, 2.75) is 52.4 Å². The third kappa shape index (κ3) is 8.28. The Hall–Kier alpha value is -0.980. The van der Waals surface area contributed by atoms with Gasteiger partial charge in [-0.15, -0.1) is 0 Å². The minimum Gasteiger partial charge on any atom is -0.356 e. The van der Waals surface area contributed by atoms with Crippen LogP contribution in [0.5, 0.6) is 0 Å². The molecule has 0 aromatic heterocycles. The number of rotatable bonds is 12. The van der Waals surface area contributed by atoms with Gasteiger partial charge in [0.2, 0.25) is 15.9 Å². The summed E-state index contributed by atoms with van der Waals surface area (Å²) in [7, 11) is -3.54. The van der Waals surface area contributed by atoms with E-state index in [1.54, 1.807) is 18.2 Å². The summed E-state index contributed by atoms with van der Waals surface area (Å²) in [6.45, 7) is 5.13. The zero-order valence-corrected chi connectivity index (χ0v) is 18.6. The number of anilines is 1. The molecular weight excluding hydrogens is 407 g/mol. The van der Waals surface area contributed by atoms with Gasteiger partial charge >= 0.3 is 0 Å². The molecular formula is C19H30Cl2N2O3S. The number of nitrogens with one attached hydrogen (secondary N) is 1. The van der Waals surface area contributed by atoms with Crippen molar-refractivity contribution in [2.24, 2.45) is 5.92 Å². The van der Waals surface area contributed by atoms with Gasteiger partial charge in [-0.25, -0.2) is 8.42 Å². The Morgan fingerprint density at radius 2 is 1.93 bits per heavy atom. The number of unbranched alkanes of at least 4 members (excludes halogenated alkanes) is 1. The second kappa shape index (κ2) is 11.8. The zero-order chi connectivity index (χ0) is 20.4. The van der Waals surface area contributed by atoms with Crippen molar-refractivity contribution in [2.75, 3.05) is 23.7 Å². The number of benzene rings is 1. The Labute approximate surface area is 173 Å². The summed E-state index contributed by atoms with van der Waals surface area (Å²) in [6, 6.07) is 4.86. The summed E-state index contributed by atoms with van der Waals surface area (Å²) in [4.78, 5) is 12.1. The summed E-state index contributed by atoms with van der Waals surface area (Å²) < 4.78 is 25.5. The van der Waals surface area contributed by atoms with E-state index in [1.807, 2.05) is 0 Å². The molecule has 0 heterocycles. The van der Waals surface area contributed by atoms with E-state index in [1.165, 1.54) is 4.31 Å². The van der Waals surface area contributed by atoms with Gasteiger partial charge in [0.25, 0.3) is 0 Å². The molecule has 1 amide bonds. The SMILES string of the molecule is CCCC[C@H](CC)CNC(=O)CCCN(c1cccc(Cl)c1Cl)S(C)(=O)=O. The van der Waals surface area contributed by atoms with Crippen molar-refractivity contribution in [1.29, 1.82) is 0 Å². The fraction of sp³-hybridized carbons (Fsp3) is 0.632. The molecule has 0 radical (unpaired) electrons. The number of sulfonamides is 1. The van der Waals surface area contributed by atoms with Crippen LogP contribution in [0.15, 0.2) is 18.2 Å². The number of hydrogen-bond acceptors (Lipinski definition) is 3. The van der Waals surface area contributed by atoms with E-state index in [0.717, 1.165) is 31.9 Å². The molecule has 1 rings (SSSR count). The lowest BCUT2D eigenvalue weighted by molar-refractivity contribution is -0.121. The number of nitrogens with zero attached hydrogens (tertiary/aromatic N) is 1. The molecule has 0 fully saturated rings. The maximum atomic E-state index is 12.1. The van der Waals surface area contributed by atoms with Crippen molar-refractivity contribution in [3.8, 4) is 0 Å². The van der Waals surface area contributed by atoms with Gasteiger partial charge in [-0.1, -0.05) is 62.4 Å². The van der Waals surface area contributed by atoms with E-state index in [-0.39, 0.29) is 23.9 Å². The van der Waals surface area contributed by atoms with E-state index in [0.29, 0.717) is 29.6 Å². The summed E-state index contributed by atoms with van der Waals surface area (Å²) in [5.74, 6) is 0.433. The molecule has 8 heteroatoms. The molecule has 0 saturated carbocycles. The predicted octanol–water partition coefficient (Wildman–Crippen LogP) is 4.87. The van der Waals surface area contributed by atoms with Crippen molar-refractivity contribution < 1.29 is 13.2 Å². The summed E-state index contributed by atoms with van der Waals surface area (Å²) >= 11 is 12.2. The zero-order valence-electron chi connectivity index (χ0n) is 16.3. The van der Waals surface area contributed by atoms with Crippen molar-refractivity contribution in [3.63, 3.8) is 0 Å². The summed E-state index contributed by atoms with van der Waals surface area (Å²) in [6.07, 6.45) is 6.24. The lowest BCUT2D eigenvalue weighted by Gasteiger charge is -2.23. The fourth-order valence-electron chi connectivity index (χ4n) is 2.82. The van der Waals surface area contributed by atoms with Crippen LogP contribution < -0.4 is 9.62 Å². The Balaban J connectivity index is 2.60. The van der Waals surface area contributed by atoms with Gasteiger partial charge in [0, 0.05) is 19.5 Å². The smallest absolute Gasteiger partial charge is 0.232 e. The molecule has 154 valence electrons. The Morgan fingerprint density at radius 3 is 2.52 bits per heavy atom. The standard InChI is InChI=1S/C19H30Cl2N2O3S/c1-4-6-9-15(5-2)14-22-18(24)12-8-13-23(27(3,25)26)17-11-7-10-16(20)19(17)21/h7,10-11,15H,4-6,8-9,12-14H2,1-3H3,(H,22,24)/t15-/m0/s1. The van der Waals surface area contributed by atoms with Gasteiger partial charge in [0.15, 0.2) is 0 Å². The van der Waals surface area contributed by atoms with Gasteiger partial charge < -0.3 is 5.32 Å². The lowest BCUT2D eigenvalue weighted by atomic mass is 9.99. The van der Waals surface area contributed by atoms with Crippen molar-refractivity contribution in [3.05, 3.63) is 28.2 Å². The van der Waals surface area contributed by atoms with E-state index < -0.39 is 10.0 Å². The molecule has 1 aromatic carbocycles. The van der Waals surface area contributed by atoms with Gasteiger partial charge in [0.05, 0.1) is 22.0 Å². The van der Waals surface area contributed by atoms with Crippen LogP contribution in [0.25, 0.3) is 0 Å². The van der Waals surface area contributed by atoms with Crippen LogP contribution in [0, 0.1) is 5.92 Å². The molecule has 0 spiro atoms. The third-order valence-corrected chi connectivity index (χ3v) is 6.49. The second-order valence-corrected chi connectivity index (χ2v) is 9.42. The molecule has 27 heavy (non-hydrogen) atoms. The topological polar surface area (TPSA) is 66.5 Å². The Kier molecular flexibility index (Phi) is 10.5. The first-order chi connectivity index (χ1) is 12.7. The largest absolute Gasteiger partial charge is 0.356 e. The number of amides is 1. The number of carbonyl (C=O) groups is 1. The molecule has 0 aliphatic rings. The van der Waals surface area contributed by atoms with Gasteiger partial charge in [-0.2, -0.15) is 0 Å². The molecule has 0 aliphatic carbocycles. The highest BCUT2D eigenvalue weighted by Gasteiger charge is 2.21. The average molecular weight is 437 g/mol. The second-order valence-electron chi connectivity index (χ2n) is 6.73. The van der Waals surface area contributed by atoms with Crippen LogP contribution >= 0.6 is 23.2 Å². The van der Waals surface area contributed by atoms with Gasteiger partial charge in [-0.3, -0.25) is 9.10 Å². The molecule has 0 unspecified atom stereocenters. The van der Waals surface area contributed by atoms with Crippen LogP contribution in [0.2, 0.25) is 10.0 Å². The highest BCUT2D eigenvalue weighted by atomic mass is 35.5. The first-order valence-electron chi connectivity index (χ1n) is 9.39. The van der Waals surface area contributed by atoms with Crippen LogP contribution in [-0.4, -0.2) is 33.7 Å². The molecule has 5 nitrogen and oxygen atoms in total. The predicted molar refractivity (Wildman–Crippen MR) is 114 cm³/mol. The van der Waals surface area contributed by atoms with Crippen LogP contribution in [-0.2, 0) is 14.8 Å². The van der Waals surface area contributed by atoms with E-state index in [9.17, 15) is 13.2 Å². The highest BCUT2D eigenvalue weighted by molar-refractivity contribution is 7.92. The number of carbonyl (C=O) groups excluding carboxylic acids is 1. The normalized spacial score (nSPS) is 12.6. The maximum absolute atomic E-state index is 12.1. The van der Waals surface area contributed by atoms with E-state index >= 15 is 0 Å². The maximum Gasteiger partial charge on any atom is 0.232 e. The minimum absolute atomic E-state index is 0.0596. The molecule has 0 bridgehead atoms. The van der Waals surface area contributed by atoms with Crippen molar-refractivity contribution >= 4 is 44.8 Å².